The van der Waals surface area contributed by atoms with Crippen LogP contribution in [-0.2, 0) is 4.74 Å². The second-order valence-corrected chi connectivity index (χ2v) is 8.16. The van der Waals surface area contributed by atoms with Gasteiger partial charge in [0.15, 0.2) is 0 Å². The largest absolute Gasteiger partial charge is 0.493 e. The van der Waals surface area contributed by atoms with Gasteiger partial charge in [-0.3, -0.25) is 15.2 Å². The van der Waals surface area contributed by atoms with Gasteiger partial charge in [-0.15, -0.1) is 0 Å². The molecule has 0 bridgehead atoms. The lowest BCUT2D eigenvalue weighted by Gasteiger charge is -2.30. The van der Waals surface area contributed by atoms with Gasteiger partial charge >= 0.3 is 0 Å². The van der Waals surface area contributed by atoms with Gasteiger partial charge in [0.05, 0.1) is 12.4 Å². The third-order valence-electron chi connectivity index (χ3n) is 5.92. The number of ether oxygens (including phenoxy) is 1. The molecular weight excluding hydrogens is 310 g/mol. The maximum absolute atomic E-state index is 6.29. The Hall–Kier alpha value is -0.870. The van der Waals surface area contributed by atoms with E-state index in [0.717, 1.165) is 38.1 Å². The summed E-state index contributed by atoms with van der Waals surface area (Å²) in [6.45, 7) is 9.66. The average Bonchev–Trinajstić information content (AvgIpc) is 2.89. The average molecular weight is 350 g/mol. The van der Waals surface area contributed by atoms with Crippen LogP contribution in [0.3, 0.4) is 0 Å². The van der Waals surface area contributed by atoms with Crippen molar-refractivity contribution in [2.75, 3.05) is 26.7 Å². The first kappa shape index (κ1) is 20.4. The Morgan fingerprint density at radius 3 is 2.44 bits per heavy atom. The van der Waals surface area contributed by atoms with E-state index in [1.165, 1.54) is 44.2 Å². The quantitative estimate of drug-likeness (QED) is 0.391. The lowest BCUT2D eigenvalue weighted by Crippen LogP contribution is -2.37. The molecule has 1 aliphatic carbocycles. The van der Waals surface area contributed by atoms with Crippen molar-refractivity contribution in [3.05, 3.63) is 12.0 Å². The Labute approximate surface area is 155 Å². The number of allylic oxidation sites excluding steroid dienone is 1. The smallest absolute Gasteiger partial charge is 0.116 e. The fourth-order valence-electron chi connectivity index (χ4n) is 4.00. The number of nitrogens with zero attached hydrogens (tertiary/aromatic N) is 2. The molecule has 1 atom stereocenters. The normalized spacial score (nSPS) is 24.8. The summed E-state index contributed by atoms with van der Waals surface area (Å²) in [5, 5.41) is 3.51. The minimum absolute atomic E-state index is 0.325. The number of hydrogen-bond acceptors (Lipinski definition) is 4. The third-order valence-corrected chi connectivity index (χ3v) is 5.92. The molecule has 1 N–H and O–H groups in total. The standard InChI is InChI=1S/C21H39N3O/c1-5-18(6-2)23-16-19(25-17-20-22-13-14-24(20)4)15-21(3)11-9-7-8-10-12-21/h16,20,22H,5-15,17H2,1-4H3/b19-16+. The molecule has 0 aromatic heterocycles. The summed E-state index contributed by atoms with van der Waals surface area (Å²) in [5.74, 6) is 1.07. The summed E-state index contributed by atoms with van der Waals surface area (Å²) in [5.41, 5.74) is 1.62. The first-order chi connectivity index (χ1) is 12.1. The molecule has 4 nitrogen and oxygen atoms in total. The predicted molar refractivity (Wildman–Crippen MR) is 107 cm³/mol. The van der Waals surface area contributed by atoms with Crippen LogP contribution in [0.2, 0.25) is 0 Å². The summed E-state index contributed by atoms with van der Waals surface area (Å²) in [7, 11) is 2.16. The van der Waals surface area contributed by atoms with Gasteiger partial charge in [-0.1, -0.05) is 46.5 Å². The molecule has 2 rings (SSSR count). The Kier molecular flexibility index (Phi) is 8.44. The van der Waals surface area contributed by atoms with Crippen molar-refractivity contribution >= 4 is 5.71 Å². The number of rotatable bonds is 8. The lowest BCUT2D eigenvalue weighted by molar-refractivity contribution is 0.106. The first-order valence-corrected chi connectivity index (χ1v) is 10.4. The Bertz CT molecular complexity index is 444. The highest BCUT2D eigenvalue weighted by atomic mass is 16.5. The van der Waals surface area contributed by atoms with E-state index in [4.69, 9.17) is 9.73 Å². The second kappa shape index (κ2) is 10.3. The van der Waals surface area contributed by atoms with E-state index in [9.17, 15) is 0 Å². The summed E-state index contributed by atoms with van der Waals surface area (Å²) in [6.07, 6.45) is 13.5. The molecule has 1 unspecified atom stereocenters. The summed E-state index contributed by atoms with van der Waals surface area (Å²) >= 11 is 0. The van der Waals surface area contributed by atoms with Crippen molar-refractivity contribution in [1.82, 2.24) is 10.2 Å². The van der Waals surface area contributed by atoms with E-state index >= 15 is 0 Å². The number of hydrogen-bond donors (Lipinski definition) is 1. The molecule has 1 aliphatic heterocycles. The van der Waals surface area contributed by atoms with Gasteiger partial charge in [0.2, 0.25) is 0 Å². The van der Waals surface area contributed by atoms with Crippen LogP contribution in [0.4, 0.5) is 0 Å². The number of nitrogens with one attached hydrogen (secondary N) is 1. The van der Waals surface area contributed by atoms with Crippen LogP contribution < -0.4 is 5.32 Å². The summed E-state index contributed by atoms with van der Waals surface area (Å²) in [6, 6.07) is 0. The molecule has 1 saturated carbocycles. The van der Waals surface area contributed by atoms with Gasteiger partial charge in [0.1, 0.15) is 12.4 Å². The van der Waals surface area contributed by atoms with Gasteiger partial charge in [-0.05, 0) is 38.1 Å². The molecule has 0 amide bonds. The summed E-state index contributed by atoms with van der Waals surface area (Å²) in [4.78, 5) is 7.07. The van der Waals surface area contributed by atoms with Crippen molar-refractivity contribution in [3.63, 3.8) is 0 Å². The fraction of sp³-hybridized carbons (Fsp3) is 0.857. The van der Waals surface area contributed by atoms with E-state index in [0.29, 0.717) is 18.2 Å². The first-order valence-electron chi connectivity index (χ1n) is 10.4. The summed E-state index contributed by atoms with van der Waals surface area (Å²) < 4.78 is 6.29. The van der Waals surface area contributed by atoms with Crippen molar-refractivity contribution in [3.8, 4) is 0 Å². The Balaban J connectivity index is 2.04. The number of likely N-dealkylation sites (N-methyl/N-ethyl adjacent to an activating group) is 1. The van der Waals surface area contributed by atoms with Crippen molar-refractivity contribution in [2.24, 2.45) is 10.4 Å². The van der Waals surface area contributed by atoms with Gasteiger partial charge < -0.3 is 4.74 Å². The SMILES string of the molecule is CCC(CC)=N/C=C(\CC1(C)CCCCCC1)OCC1NCCN1C. The van der Waals surface area contributed by atoms with Crippen LogP contribution in [0.15, 0.2) is 17.0 Å². The van der Waals surface area contributed by atoms with E-state index in [1.807, 2.05) is 6.20 Å². The van der Waals surface area contributed by atoms with E-state index in [2.05, 4.69) is 38.0 Å². The van der Waals surface area contributed by atoms with Crippen molar-refractivity contribution in [2.45, 2.75) is 84.7 Å². The van der Waals surface area contributed by atoms with Crippen molar-refractivity contribution in [1.29, 1.82) is 0 Å². The van der Waals surface area contributed by atoms with Gasteiger partial charge in [0, 0.05) is 25.2 Å². The molecule has 0 radical (unpaired) electrons. The molecule has 0 aromatic carbocycles. The molecule has 2 fully saturated rings. The maximum Gasteiger partial charge on any atom is 0.116 e. The Morgan fingerprint density at radius 2 is 1.88 bits per heavy atom. The van der Waals surface area contributed by atoms with Gasteiger partial charge in [0.25, 0.3) is 0 Å². The number of aliphatic imine (C=N–C) groups is 1. The zero-order chi connectivity index (χ0) is 18.1. The van der Waals surface area contributed by atoms with Crippen LogP contribution in [-0.4, -0.2) is 43.5 Å². The molecule has 0 spiro atoms. The van der Waals surface area contributed by atoms with Crippen LogP contribution in [0.1, 0.15) is 78.6 Å². The van der Waals surface area contributed by atoms with E-state index in [1.54, 1.807) is 0 Å². The third kappa shape index (κ3) is 6.74. The predicted octanol–water partition coefficient (Wildman–Crippen LogP) is 4.72. The maximum atomic E-state index is 6.29. The van der Waals surface area contributed by atoms with Crippen LogP contribution in [0.5, 0.6) is 0 Å². The molecule has 144 valence electrons. The van der Waals surface area contributed by atoms with Crippen LogP contribution in [0.25, 0.3) is 0 Å². The minimum atomic E-state index is 0.325. The van der Waals surface area contributed by atoms with Crippen molar-refractivity contribution < 1.29 is 4.74 Å². The van der Waals surface area contributed by atoms with Gasteiger partial charge in [-0.25, -0.2) is 0 Å². The van der Waals surface area contributed by atoms with E-state index in [-0.39, 0.29) is 0 Å². The minimum Gasteiger partial charge on any atom is -0.493 e. The highest BCUT2D eigenvalue weighted by Crippen LogP contribution is 2.40. The molecule has 1 heterocycles. The zero-order valence-corrected chi connectivity index (χ0v) is 16.9. The highest BCUT2D eigenvalue weighted by molar-refractivity contribution is 5.84. The zero-order valence-electron chi connectivity index (χ0n) is 16.9. The van der Waals surface area contributed by atoms with Crippen LogP contribution >= 0.6 is 0 Å². The second-order valence-electron chi connectivity index (χ2n) is 8.16. The fourth-order valence-corrected chi connectivity index (χ4v) is 4.00. The molecule has 2 aliphatic rings. The molecule has 4 heteroatoms. The molecular formula is C21H39N3O. The molecule has 25 heavy (non-hydrogen) atoms. The van der Waals surface area contributed by atoms with Crippen LogP contribution in [0, 0.1) is 5.41 Å². The lowest BCUT2D eigenvalue weighted by atomic mass is 9.79. The highest BCUT2D eigenvalue weighted by Gasteiger charge is 2.28. The Morgan fingerprint density at radius 1 is 1.20 bits per heavy atom. The monoisotopic (exact) mass is 349 g/mol. The molecule has 1 saturated heterocycles. The van der Waals surface area contributed by atoms with E-state index < -0.39 is 0 Å². The topological polar surface area (TPSA) is 36.9 Å². The molecule has 0 aromatic rings. The van der Waals surface area contributed by atoms with Gasteiger partial charge in [-0.2, -0.15) is 0 Å².